The van der Waals surface area contributed by atoms with E-state index in [9.17, 15) is 0 Å². The van der Waals surface area contributed by atoms with Crippen molar-refractivity contribution < 1.29 is 4.42 Å². The van der Waals surface area contributed by atoms with Gasteiger partial charge in [0, 0.05) is 18.0 Å². The van der Waals surface area contributed by atoms with Crippen LogP contribution in [0.25, 0.3) is 11.0 Å². The smallest absolute Gasteiger partial charge is 0.134 e. The van der Waals surface area contributed by atoms with Crippen molar-refractivity contribution in [2.24, 2.45) is 11.7 Å². The molecule has 3 nitrogen and oxygen atoms in total. The van der Waals surface area contributed by atoms with Crippen LogP contribution in [-0.2, 0) is 0 Å². The zero-order valence-electron chi connectivity index (χ0n) is 11.9. The Morgan fingerprint density at radius 1 is 1.37 bits per heavy atom. The lowest BCUT2D eigenvalue weighted by Crippen LogP contribution is -2.20. The van der Waals surface area contributed by atoms with Crippen molar-refractivity contribution in [3.05, 3.63) is 35.1 Å². The molecule has 0 radical (unpaired) electrons. The topological polar surface area (TPSA) is 42.4 Å². The van der Waals surface area contributed by atoms with Crippen LogP contribution in [0.15, 0.2) is 22.6 Å². The van der Waals surface area contributed by atoms with Crippen LogP contribution in [-0.4, -0.2) is 25.0 Å². The van der Waals surface area contributed by atoms with Crippen LogP contribution >= 0.6 is 0 Å². The first kappa shape index (κ1) is 12.7. The van der Waals surface area contributed by atoms with E-state index in [1.165, 1.54) is 16.5 Å². The molecule has 0 bridgehead atoms. The minimum Gasteiger partial charge on any atom is -0.461 e. The fourth-order valence-electron chi connectivity index (χ4n) is 3.23. The molecule has 2 heterocycles. The zero-order valence-corrected chi connectivity index (χ0v) is 11.9. The Balaban J connectivity index is 1.99. The first-order valence-corrected chi connectivity index (χ1v) is 7.00. The van der Waals surface area contributed by atoms with Gasteiger partial charge in [-0.25, -0.2) is 0 Å². The summed E-state index contributed by atoms with van der Waals surface area (Å²) in [6.45, 7) is 6.04. The van der Waals surface area contributed by atoms with E-state index in [1.54, 1.807) is 0 Å². The van der Waals surface area contributed by atoms with Crippen LogP contribution in [0.2, 0.25) is 0 Å². The maximum absolute atomic E-state index is 5.81. The molecule has 3 heteroatoms. The van der Waals surface area contributed by atoms with Gasteiger partial charge in [-0.2, -0.15) is 0 Å². The number of nitrogens with two attached hydrogens (primary N) is 1. The van der Waals surface area contributed by atoms with Crippen molar-refractivity contribution in [1.29, 1.82) is 0 Å². The number of benzene rings is 1. The van der Waals surface area contributed by atoms with Gasteiger partial charge in [0.1, 0.15) is 11.3 Å². The fraction of sp³-hybridized carbons (Fsp3) is 0.500. The molecular formula is C16H22N2O. The van der Waals surface area contributed by atoms with Gasteiger partial charge in [0.2, 0.25) is 0 Å². The van der Waals surface area contributed by atoms with E-state index in [0.717, 1.165) is 30.9 Å². The highest BCUT2D eigenvalue weighted by atomic mass is 16.3. The predicted molar refractivity (Wildman–Crippen MR) is 78.2 cm³/mol. The Morgan fingerprint density at radius 3 is 2.84 bits per heavy atom. The first-order valence-electron chi connectivity index (χ1n) is 7.00. The third-order valence-electron chi connectivity index (χ3n) is 4.55. The van der Waals surface area contributed by atoms with Crippen molar-refractivity contribution in [3.8, 4) is 0 Å². The van der Waals surface area contributed by atoms with Gasteiger partial charge in [0.05, 0.1) is 0 Å². The summed E-state index contributed by atoms with van der Waals surface area (Å²) in [6.07, 6.45) is 1.16. The van der Waals surface area contributed by atoms with Crippen LogP contribution < -0.4 is 5.73 Å². The average molecular weight is 258 g/mol. The number of nitrogens with zero attached hydrogens (tertiary/aromatic N) is 1. The molecule has 102 valence electrons. The lowest BCUT2D eigenvalue weighted by atomic mass is 9.98. The molecule has 1 aromatic heterocycles. The SMILES string of the molecule is Cc1oc2ccc(C3CC(CN)CN3C)cc2c1C. The van der Waals surface area contributed by atoms with Crippen LogP contribution in [0.5, 0.6) is 0 Å². The summed E-state index contributed by atoms with van der Waals surface area (Å²) in [4.78, 5) is 2.42. The second-order valence-corrected chi connectivity index (χ2v) is 5.83. The molecule has 1 aliphatic rings. The molecule has 1 fully saturated rings. The molecule has 1 aliphatic heterocycles. The number of furan rings is 1. The second-order valence-electron chi connectivity index (χ2n) is 5.83. The molecule has 2 N–H and O–H groups in total. The van der Waals surface area contributed by atoms with Crippen molar-refractivity contribution in [1.82, 2.24) is 4.90 Å². The number of hydrogen-bond acceptors (Lipinski definition) is 3. The van der Waals surface area contributed by atoms with Gasteiger partial charge >= 0.3 is 0 Å². The molecular weight excluding hydrogens is 236 g/mol. The molecule has 2 unspecified atom stereocenters. The van der Waals surface area contributed by atoms with E-state index in [0.29, 0.717) is 12.0 Å². The number of hydrogen-bond donors (Lipinski definition) is 1. The maximum atomic E-state index is 5.81. The van der Waals surface area contributed by atoms with Crippen molar-refractivity contribution in [2.75, 3.05) is 20.1 Å². The number of aryl methyl sites for hydroxylation is 2. The van der Waals surface area contributed by atoms with Crippen molar-refractivity contribution in [2.45, 2.75) is 26.3 Å². The summed E-state index contributed by atoms with van der Waals surface area (Å²) >= 11 is 0. The number of likely N-dealkylation sites (tertiary alicyclic amines) is 1. The Kier molecular flexibility index (Phi) is 3.11. The van der Waals surface area contributed by atoms with Gasteiger partial charge in [0.25, 0.3) is 0 Å². The van der Waals surface area contributed by atoms with E-state index in [-0.39, 0.29) is 0 Å². The summed E-state index contributed by atoms with van der Waals surface area (Å²) in [6, 6.07) is 7.09. The standard InChI is InChI=1S/C16H22N2O/c1-10-11(2)19-16-5-4-13(7-14(10)16)15-6-12(8-17)9-18(15)3/h4-5,7,12,15H,6,8-9,17H2,1-3H3. The van der Waals surface area contributed by atoms with Crippen LogP contribution in [0.1, 0.15) is 29.3 Å². The largest absolute Gasteiger partial charge is 0.461 e. The molecule has 3 rings (SSSR count). The van der Waals surface area contributed by atoms with Crippen LogP contribution in [0.4, 0.5) is 0 Å². The zero-order chi connectivity index (χ0) is 13.6. The van der Waals surface area contributed by atoms with Gasteiger partial charge in [-0.1, -0.05) is 6.07 Å². The van der Waals surface area contributed by atoms with Crippen molar-refractivity contribution in [3.63, 3.8) is 0 Å². The van der Waals surface area contributed by atoms with Gasteiger partial charge in [-0.15, -0.1) is 0 Å². The van der Waals surface area contributed by atoms with E-state index in [1.807, 2.05) is 6.92 Å². The lowest BCUT2D eigenvalue weighted by Gasteiger charge is -2.19. The molecule has 0 spiro atoms. The van der Waals surface area contributed by atoms with Gasteiger partial charge in [-0.05, 0) is 63.0 Å². The minimum atomic E-state index is 0.493. The highest BCUT2D eigenvalue weighted by Gasteiger charge is 2.29. The molecule has 0 aliphatic carbocycles. The molecule has 1 saturated heterocycles. The normalized spacial score (nSPS) is 24.4. The molecule has 19 heavy (non-hydrogen) atoms. The summed E-state index contributed by atoms with van der Waals surface area (Å²) in [5.74, 6) is 1.64. The highest BCUT2D eigenvalue weighted by molar-refractivity contribution is 5.82. The molecule has 2 atom stereocenters. The Hall–Kier alpha value is -1.32. The quantitative estimate of drug-likeness (QED) is 0.900. The van der Waals surface area contributed by atoms with Gasteiger partial charge < -0.3 is 10.2 Å². The number of rotatable bonds is 2. The fourth-order valence-corrected chi connectivity index (χ4v) is 3.23. The monoisotopic (exact) mass is 258 g/mol. The minimum absolute atomic E-state index is 0.493. The Labute approximate surface area is 114 Å². The van der Waals surface area contributed by atoms with E-state index in [2.05, 4.69) is 37.1 Å². The lowest BCUT2D eigenvalue weighted by molar-refractivity contribution is 0.314. The number of fused-ring (bicyclic) bond motifs is 1. The molecule has 2 aromatic rings. The first-order chi connectivity index (χ1) is 9.10. The van der Waals surface area contributed by atoms with Crippen LogP contribution in [0.3, 0.4) is 0 Å². The van der Waals surface area contributed by atoms with E-state index in [4.69, 9.17) is 10.2 Å². The van der Waals surface area contributed by atoms with Crippen molar-refractivity contribution >= 4 is 11.0 Å². The highest BCUT2D eigenvalue weighted by Crippen LogP contribution is 2.36. The Bertz CT molecular complexity index is 602. The van der Waals surface area contributed by atoms with E-state index < -0.39 is 0 Å². The second kappa shape index (κ2) is 4.66. The average Bonchev–Trinajstić information content (AvgIpc) is 2.91. The summed E-state index contributed by atoms with van der Waals surface area (Å²) in [7, 11) is 2.19. The summed E-state index contributed by atoms with van der Waals surface area (Å²) in [5.41, 5.74) is 9.45. The molecule has 0 amide bonds. The predicted octanol–water partition coefficient (Wildman–Crippen LogP) is 3.00. The molecule has 1 aromatic carbocycles. The van der Waals surface area contributed by atoms with Gasteiger partial charge in [-0.3, -0.25) is 4.90 Å². The van der Waals surface area contributed by atoms with Gasteiger partial charge in [0.15, 0.2) is 0 Å². The van der Waals surface area contributed by atoms with E-state index >= 15 is 0 Å². The summed E-state index contributed by atoms with van der Waals surface area (Å²) in [5, 5.41) is 1.25. The molecule has 0 saturated carbocycles. The van der Waals surface area contributed by atoms with Crippen LogP contribution in [0, 0.1) is 19.8 Å². The third kappa shape index (κ3) is 2.07. The Morgan fingerprint density at radius 2 is 2.16 bits per heavy atom. The maximum Gasteiger partial charge on any atom is 0.134 e. The summed E-state index contributed by atoms with van der Waals surface area (Å²) < 4.78 is 5.75. The third-order valence-corrected chi connectivity index (χ3v) is 4.55.